The second-order valence-corrected chi connectivity index (χ2v) is 17.5. The lowest BCUT2D eigenvalue weighted by atomic mass is 9.98. The first-order valence-electron chi connectivity index (χ1n) is 17.0. The van der Waals surface area contributed by atoms with E-state index in [0.717, 1.165) is 17.2 Å². The zero-order chi connectivity index (χ0) is 44.5. The molecule has 0 aliphatic carbocycles. The van der Waals surface area contributed by atoms with Crippen molar-refractivity contribution in [3.8, 4) is 0 Å². The van der Waals surface area contributed by atoms with Gasteiger partial charge in [-0.05, 0) is 6.42 Å². The molecular weight excluding hydrogens is 883 g/mol. The number of allylic oxidation sites excluding steroid dienone is 1. The zero-order valence-corrected chi connectivity index (χ0v) is 33.0. The average Bonchev–Trinajstić information content (AvgIpc) is 3.83. The molecule has 60 heavy (non-hydrogen) atoms. The van der Waals surface area contributed by atoms with Crippen LogP contribution in [0, 0.1) is 0 Å². The number of anilines is 1. The first-order chi connectivity index (χ1) is 27.9. The molecule has 1 amide bonds. The number of phosphoric acid groups is 3. The maximum Gasteiger partial charge on any atom is 0.481 e. The number of rotatable bonds is 14. The Bertz CT molecular complexity index is 2060. The molecule has 6 rings (SSSR count). The third kappa shape index (κ3) is 11.2. The van der Waals surface area contributed by atoms with Crippen molar-refractivity contribution >= 4 is 46.4 Å². The largest absolute Gasteiger partial charge is 0.481 e. The molecule has 30 nitrogen and oxygen atoms in total. The Morgan fingerprint density at radius 3 is 2.12 bits per heavy atom. The van der Waals surface area contributed by atoms with E-state index < -0.39 is 122 Å². The summed E-state index contributed by atoms with van der Waals surface area (Å²) >= 11 is 0. The van der Waals surface area contributed by atoms with E-state index in [2.05, 4.69) is 28.5 Å². The topological polar surface area (TPSA) is 475 Å². The van der Waals surface area contributed by atoms with Gasteiger partial charge in [-0.15, -0.1) is 0 Å². The van der Waals surface area contributed by atoms with Crippen molar-refractivity contribution in [1.82, 2.24) is 24.4 Å². The van der Waals surface area contributed by atoms with Crippen LogP contribution in [0.3, 0.4) is 0 Å². The van der Waals surface area contributed by atoms with Gasteiger partial charge in [-0.3, -0.25) is 22.9 Å². The molecule has 0 saturated carbocycles. The maximum atomic E-state index is 12.6. The first kappa shape index (κ1) is 48.1. The molecular formula is C27H42N7O23P3. The van der Waals surface area contributed by atoms with Gasteiger partial charge in [-0.25, -0.2) is 28.6 Å². The molecule has 3 fully saturated rings. The summed E-state index contributed by atoms with van der Waals surface area (Å²) in [6.45, 7) is -3.18. The molecule has 16 N–H and O–H groups in total. The van der Waals surface area contributed by atoms with Gasteiger partial charge in [0.1, 0.15) is 66.8 Å². The molecule has 338 valence electrons. The number of carbonyl (C=O) groups excluding carboxylic acids is 1. The minimum Gasteiger partial charge on any atom is -0.391 e. The van der Waals surface area contributed by atoms with E-state index in [1.165, 1.54) is 23.4 Å². The fourth-order valence-electron chi connectivity index (χ4n) is 5.96. The van der Waals surface area contributed by atoms with Gasteiger partial charge in [0.15, 0.2) is 23.9 Å². The number of aliphatic hydroxyl groups excluding tert-OH is 7. The standard InChI is InChI=1S/C21H30N7O17P3.C6H12O6/c22-17-12-19(25-7-24-17)28(8-26-12)21-16(44-46(33,34)35)14(30)11(43-21)6-41-48(38,39)45-47(36,37)40-5-10-13(29)15(31)20(42-10)27-3-1-2-9(4-27)18(23)32;7-2-6(11)5(10)4(9)3(8)1-12-6/h1,3-4,7-8,10-11,13-16,20-21,29-31H,2,5-6H2,(H2,23,32)(H,36,37)(H,38,39)(H2,22,24,25)(H2,33,34,35);3-5,7-11H,1-2H2/t10-,11-,13?,14-,15?,16-,20?,21-;3-,4-,5+,6+/m11/s1. The van der Waals surface area contributed by atoms with Crippen LogP contribution in [0.2, 0.25) is 0 Å². The summed E-state index contributed by atoms with van der Waals surface area (Å²) in [6, 6.07) is 0. The smallest absolute Gasteiger partial charge is 0.391 e. The number of ether oxygens (including phenoxy) is 3. The highest BCUT2D eigenvalue weighted by atomic mass is 31.3. The average molecular weight is 926 g/mol. The molecule has 0 spiro atoms. The van der Waals surface area contributed by atoms with Crippen molar-refractivity contribution in [2.45, 2.75) is 79.6 Å². The van der Waals surface area contributed by atoms with Crippen molar-refractivity contribution in [3.63, 3.8) is 0 Å². The number of carbonyl (C=O) groups is 1. The second-order valence-electron chi connectivity index (χ2n) is 13.2. The van der Waals surface area contributed by atoms with Gasteiger partial charge < -0.3 is 91.0 Å². The Hall–Kier alpha value is -2.97. The fraction of sp³-hybridized carbons (Fsp3) is 0.630. The van der Waals surface area contributed by atoms with Crippen LogP contribution in [0.25, 0.3) is 11.2 Å². The van der Waals surface area contributed by atoms with E-state index in [1.54, 1.807) is 0 Å². The molecule has 14 atom stereocenters. The Kier molecular flexibility index (Phi) is 15.1. The lowest BCUT2D eigenvalue weighted by Gasteiger charge is -2.40. The number of amides is 1. The molecule has 2 aromatic heterocycles. The van der Waals surface area contributed by atoms with Crippen molar-refractivity contribution in [2.75, 3.05) is 32.2 Å². The molecule has 3 saturated heterocycles. The van der Waals surface area contributed by atoms with Crippen LogP contribution in [-0.4, -0.2) is 184 Å². The number of imidazole rings is 1. The summed E-state index contributed by atoms with van der Waals surface area (Å²) in [5, 5.41) is 76.5. The van der Waals surface area contributed by atoms with Crippen molar-refractivity contribution < 1.29 is 111 Å². The van der Waals surface area contributed by atoms with Gasteiger partial charge in [0.2, 0.25) is 11.7 Å². The van der Waals surface area contributed by atoms with E-state index in [9.17, 15) is 58.5 Å². The minimum absolute atomic E-state index is 0.00424. The summed E-state index contributed by atoms with van der Waals surface area (Å²) in [5.41, 5.74) is 11.3. The number of aromatic nitrogens is 4. The van der Waals surface area contributed by atoms with Crippen LogP contribution >= 0.6 is 23.5 Å². The normalized spacial score (nSPS) is 35.4. The maximum absolute atomic E-state index is 12.6. The third-order valence-electron chi connectivity index (χ3n) is 9.02. The Labute approximate surface area is 335 Å². The van der Waals surface area contributed by atoms with Crippen LogP contribution in [0.15, 0.2) is 36.7 Å². The number of aliphatic hydroxyl groups is 8. The molecule has 0 bridgehead atoms. The number of nitrogens with two attached hydrogens (primary N) is 2. The van der Waals surface area contributed by atoms with E-state index >= 15 is 0 Å². The van der Waals surface area contributed by atoms with Gasteiger partial charge in [0.25, 0.3) is 0 Å². The van der Waals surface area contributed by atoms with E-state index in [1.807, 2.05) is 0 Å². The summed E-state index contributed by atoms with van der Waals surface area (Å²) in [6.07, 6.45) is -10.9. The van der Waals surface area contributed by atoms with Crippen molar-refractivity contribution in [2.24, 2.45) is 5.73 Å². The summed E-state index contributed by atoms with van der Waals surface area (Å²) in [5.74, 6) is -2.96. The van der Waals surface area contributed by atoms with Gasteiger partial charge >= 0.3 is 23.5 Å². The minimum atomic E-state index is -5.52. The predicted octanol–water partition coefficient (Wildman–Crippen LogP) is -5.79. The Morgan fingerprint density at radius 1 is 0.900 bits per heavy atom. The Balaban J connectivity index is 0.000000489. The molecule has 2 aromatic rings. The van der Waals surface area contributed by atoms with Gasteiger partial charge in [-0.1, -0.05) is 6.08 Å². The van der Waals surface area contributed by atoms with Gasteiger partial charge in [-0.2, -0.15) is 4.31 Å². The first-order valence-corrected chi connectivity index (χ1v) is 21.5. The molecule has 4 aliphatic heterocycles. The number of phosphoric ester groups is 3. The predicted molar refractivity (Wildman–Crippen MR) is 189 cm³/mol. The van der Waals surface area contributed by atoms with E-state index in [4.69, 9.17) is 50.4 Å². The van der Waals surface area contributed by atoms with Crippen LogP contribution in [0.1, 0.15) is 12.6 Å². The number of nitrogens with zero attached hydrogens (tertiary/aromatic N) is 5. The summed E-state index contributed by atoms with van der Waals surface area (Å²) in [7, 11) is -16.3. The van der Waals surface area contributed by atoms with Gasteiger partial charge in [0, 0.05) is 18.0 Å². The lowest BCUT2D eigenvalue weighted by molar-refractivity contribution is -0.331. The SMILES string of the molecule is NC(=O)C1=CN(C2O[C@H](COP(=O)(O)OP(=O)(O)OC[C@H]3O[C@@H](n4cnc5c(N)ncnc54)[C@H](OP(=O)(O)O)[C@@H]3O)C(O)C2O)C=CC1.OC[C@]1(O)OC[C@@H](O)[C@@H](O)[C@@H]1O. The highest BCUT2D eigenvalue weighted by molar-refractivity contribution is 7.61. The van der Waals surface area contributed by atoms with Crippen LogP contribution < -0.4 is 11.5 Å². The van der Waals surface area contributed by atoms with Crippen molar-refractivity contribution in [1.29, 1.82) is 0 Å². The fourth-order valence-corrected chi connectivity index (χ4v) is 8.60. The molecule has 6 heterocycles. The van der Waals surface area contributed by atoms with Crippen LogP contribution in [-0.2, 0) is 50.6 Å². The molecule has 4 aliphatic rings. The zero-order valence-electron chi connectivity index (χ0n) is 30.4. The molecule has 5 unspecified atom stereocenters. The van der Waals surface area contributed by atoms with Crippen LogP contribution in [0.4, 0.5) is 5.82 Å². The lowest BCUT2D eigenvalue weighted by Crippen LogP contribution is -2.62. The van der Waals surface area contributed by atoms with Crippen molar-refractivity contribution in [3.05, 3.63) is 36.7 Å². The highest BCUT2D eigenvalue weighted by Gasteiger charge is 2.51. The van der Waals surface area contributed by atoms with Gasteiger partial charge in [0.05, 0.1) is 32.8 Å². The highest BCUT2D eigenvalue weighted by Crippen LogP contribution is 2.61. The molecule has 33 heteroatoms. The molecule has 0 radical (unpaired) electrons. The Morgan fingerprint density at radius 2 is 1.52 bits per heavy atom. The summed E-state index contributed by atoms with van der Waals surface area (Å²) < 4.78 is 71.8. The van der Waals surface area contributed by atoms with Crippen LogP contribution in [0.5, 0.6) is 0 Å². The number of nitrogen functional groups attached to an aromatic ring is 1. The number of primary amides is 1. The van der Waals surface area contributed by atoms with E-state index in [0.29, 0.717) is 0 Å². The number of fused-ring (bicyclic) bond motifs is 1. The quantitative estimate of drug-likeness (QED) is 0.0785. The summed E-state index contributed by atoms with van der Waals surface area (Å²) in [4.78, 5) is 63.4. The third-order valence-corrected chi connectivity index (χ3v) is 12.1. The molecule has 0 aromatic carbocycles. The number of hydrogen-bond donors (Lipinski definition) is 14. The number of hydrogen-bond acceptors (Lipinski definition) is 24. The monoisotopic (exact) mass is 925 g/mol. The van der Waals surface area contributed by atoms with E-state index in [-0.39, 0.29) is 35.6 Å². The second kappa shape index (κ2) is 18.8.